The molecule has 0 amide bonds. The molecule has 0 aliphatic carbocycles. The molecular formula is C21H17Cl2NO5S2. The van der Waals surface area contributed by atoms with E-state index >= 15 is 0 Å². The number of ether oxygens (including phenoxy) is 1. The van der Waals surface area contributed by atoms with Gasteiger partial charge in [-0.05, 0) is 60.7 Å². The molecule has 1 fully saturated rings. The predicted molar refractivity (Wildman–Crippen MR) is 119 cm³/mol. The van der Waals surface area contributed by atoms with Crippen LogP contribution in [0.5, 0.6) is 11.5 Å². The van der Waals surface area contributed by atoms with Gasteiger partial charge in [-0.3, -0.25) is 0 Å². The second-order valence-electron chi connectivity index (χ2n) is 6.95. The van der Waals surface area contributed by atoms with Crippen LogP contribution in [0.25, 0.3) is 0 Å². The van der Waals surface area contributed by atoms with Gasteiger partial charge in [0.2, 0.25) is 10.0 Å². The Morgan fingerprint density at radius 3 is 1.97 bits per heavy atom. The first-order chi connectivity index (χ1) is 14.7. The summed E-state index contributed by atoms with van der Waals surface area (Å²) in [7, 11) is -7.45. The zero-order valence-corrected chi connectivity index (χ0v) is 19.1. The van der Waals surface area contributed by atoms with Crippen molar-refractivity contribution >= 4 is 43.1 Å². The molecule has 3 aromatic carbocycles. The highest BCUT2D eigenvalue weighted by molar-refractivity contribution is 7.92. The van der Waals surface area contributed by atoms with Gasteiger partial charge in [-0.1, -0.05) is 35.3 Å². The number of hydrogen-bond acceptors (Lipinski definition) is 5. The van der Waals surface area contributed by atoms with E-state index in [1.54, 1.807) is 24.3 Å². The Kier molecular flexibility index (Phi) is 6.02. The van der Waals surface area contributed by atoms with Crippen LogP contribution < -0.4 is 4.74 Å². The molecule has 162 valence electrons. The van der Waals surface area contributed by atoms with Crippen molar-refractivity contribution < 1.29 is 21.6 Å². The largest absolute Gasteiger partial charge is 0.456 e. The van der Waals surface area contributed by atoms with Crippen molar-refractivity contribution in [3.8, 4) is 11.5 Å². The minimum atomic E-state index is -3.82. The van der Waals surface area contributed by atoms with Crippen LogP contribution in [-0.4, -0.2) is 39.5 Å². The van der Waals surface area contributed by atoms with Crippen molar-refractivity contribution in [3.63, 3.8) is 0 Å². The van der Waals surface area contributed by atoms with Gasteiger partial charge < -0.3 is 4.74 Å². The van der Waals surface area contributed by atoms with Gasteiger partial charge in [0.25, 0.3) is 0 Å². The van der Waals surface area contributed by atoms with E-state index in [4.69, 9.17) is 27.9 Å². The van der Waals surface area contributed by atoms with Gasteiger partial charge >= 0.3 is 0 Å². The molecule has 6 nitrogen and oxygen atoms in total. The Morgan fingerprint density at radius 2 is 1.35 bits per heavy atom. The number of hydrogen-bond donors (Lipinski definition) is 0. The van der Waals surface area contributed by atoms with Crippen LogP contribution in [0.4, 0.5) is 0 Å². The van der Waals surface area contributed by atoms with Gasteiger partial charge in [0.05, 0.1) is 20.1 Å². The minimum Gasteiger partial charge on any atom is -0.456 e. The third-order valence-electron chi connectivity index (χ3n) is 4.92. The van der Waals surface area contributed by atoms with Crippen LogP contribution in [0.3, 0.4) is 0 Å². The monoisotopic (exact) mass is 497 g/mol. The lowest BCUT2D eigenvalue weighted by atomic mass is 10.3. The first-order valence-electron chi connectivity index (χ1n) is 9.20. The van der Waals surface area contributed by atoms with E-state index in [2.05, 4.69) is 0 Å². The SMILES string of the molecule is O=S(=O)(c1ccc(Cl)cc1)C1CN(S(=O)(=O)c2ccc(Oc3ccccc3Cl)cc2)C1. The number of para-hydroxylation sites is 1. The molecule has 0 atom stereocenters. The van der Waals surface area contributed by atoms with Crippen LogP contribution in [0.15, 0.2) is 82.6 Å². The fourth-order valence-electron chi connectivity index (χ4n) is 3.09. The van der Waals surface area contributed by atoms with Crippen molar-refractivity contribution in [2.45, 2.75) is 15.0 Å². The van der Waals surface area contributed by atoms with E-state index in [9.17, 15) is 16.8 Å². The maximum absolute atomic E-state index is 12.8. The summed E-state index contributed by atoms with van der Waals surface area (Å²) in [6.07, 6.45) is 0. The van der Waals surface area contributed by atoms with Crippen LogP contribution >= 0.6 is 23.2 Å². The predicted octanol–water partition coefficient (Wildman–Crippen LogP) is 4.63. The quantitative estimate of drug-likeness (QED) is 0.495. The molecule has 1 heterocycles. The molecule has 0 bridgehead atoms. The number of halogens is 2. The lowest BCUT2D eigenvalue weighted by molar-refractivity contribution is 0.309. The summed E-state index contributed by atoms with van der Waals surface area (Å²) in [5, 5.41) is 0.0673. The van der Waals surface area contributed by atoms with Crippen LogP contribution in [0.2, 0.25) is 10.0 Å². The normalized spacial score (nSPS) is 15.4. The topological polar surface area (TPSA) is 80.8 Å². The molecule has 0 radical (unpaired) electrons. The van der Waals surface area contributed by atoms with Crippen molar-refractivity contribution in [1.29, 1.82) is 0 Å². The first-order valence-corrected chi connectivity index (χ1v) is 12.9. The Labute approximate surface area is 191 Å². The Hall–Kier alpha value is -2.10. The molecule has 3 aromatic rings. The van der Waals surface area contributed by atoms with Gasteiger partial charge in [-0.15, -0.1) is 0 Å². The third-order valence-corrected chi connectivity index (χ3v) is 9.44. The average molecular weight is 498 g/mol. The van der Waals surface area contributed by atoms with E-state index in [-0.39, 0.29) is 22.9 Å². The van der Waals surface area contributed by atoms with Crippen LogP contribution in [0.1, 0.15) is 0 Å². The first kappa shape index (κ1) is 22.1. The highest BCUT2D eigenvalue weighted by atomic mass is 35.5. The maximum Gasteiger partial charge on any atom is 0.243 e. The summed E-state index contributed by atoms with van der Waals surface area (Å²) >= 11 is 11.9. The standard InChI is InChI=1S/C21H17Cl2NO5S2/c22-15-5-9-17(10-6-15)30(25,26)19-13-24(14-19)31(27,28)18-11-7-16(8-12-18)29-21-4-2-1-3-20(21)23/h1-12,19H,13-14H2. The summed E-state index contributed by atoms with van der Waals surface area (Å²) in [5.74, 6) is 0.886. The summed E-state index contributed by atoms with van der Waals surface area (Å²) in [6, 6.07) is 18.7. The van der Waals surface area contributed by atoms with Crippen molar-refractivity contribution in [1.82, 2.24) is 4.31 Å². The third kappa shape index (κ3) is 4.44. The van der Waals surface area contributed by atoms with Gasteiger partial charge in [0.1, 0.15) is 11.5 Å². The molecule has 0 unspecified atom stereocenters. The highest BCUT2D eigenvalue weighted by Gasteiger charge is 2.44. The molecular weight excluding hydrogens is 481 g/mol. The maximum atomic E-state index is 12.8. The molecule has 31 heavy (non-hydrogen) atoms. The molecule has 1 saturated heterocycles. The molecule has 1 aliphatic rings. The highest BCUT2D eigenvalue weighted by Crippen LogP contribution is 2.32. The summed E-state index contributed by atoms with van der Waals surface area (Å²) in [6.45, 7) is -0.212. The van der Waals surface area contributed by atoms with Gasteiger partial charge in [0, 0.05) is 18.1 Å². The van der Waals surface area contributed by atoms with Crippen LogP contribution in [0, 0.1) is 0 Å². The second-order valence-corrected chi connectivity index (χ2v) is 12.0. The minimum absolute atomic E-state index is 0.0568. The van der Waals surface area contributed by atoms with Gasteiger partial charge in [-0.25, -0.2) is 16.8 Å². The lowest BCUT2D eigenvalue weighted by Gasteiger charge is -2.37. The molecule has 10 heteroatoms. The van der Waals surface area contributed by atoms with Crippen molar-refractivity contribution in [2.75, 3.05) is 13.1 Å². The van der Waals surface area contributed by atoms with E-state index in [0.717, 1.165) is 4.31 Å². The van der Waals surface area contributed by atoms with E-state index in [0.29, 0.717) is 21.5 Å². The smallest absolute Gasteiger partial charge is 0.243 e. The van der Waals surface area contributed by atoms with Gasteiger partial charge in [0.15, 0.2) is 9.84 Å². The number of benzene rings is 3. The van der Waals surface area contributed by atoms with E-state index in [1.807, 2.05) is 0 Å². The summed E-state index contributed by atoms with van der Waals surface area (Å²) in [4.78, 5) is 0.182. The fourth-order valence-corrected chi connectivity index (χ4v) is 6.77. The van der Waals surface area contributed by atoms with Gasteiger partial charge in [-0.2, -0.15) is 4.31 Å². The second kappa shape index (κ2) is 8.44. The molecule has 4 rings (SSSR count). The Bertz CT molecular complexity index is 1300. The number of sulfonamides is 1. The number of nitrogens with zero attached hydrogens (tertiary/aromatic N) is 1. The molecule has 0 saturated carbocycles. The summed E-state index contributed by atoms with van der Waals surface area (Å²) < 4.78 is 57.9. The summed E-state index contributed by atoms with van der Waals surface area (Å²) in [5.41, 5.74) is 0. The Morgan fingerprint density at radius 1 is 0.774 bits per heavy atom. The van der Waals surface area contributed by atoms with E-state index < -0.39 is 25.1 Å². The Balaban J connectivity index is 1.45. The molecule has 0 aromatic heterocycles. The number of rotatable bonds is 6. The fraction of sp³-hybridized carbons (Fsp3) is 0.143. The van der Waals surface area contributed by atoms with E-state index in [1.165, 1.54) is 48.5 Å². The molecule has 1 aliphatic heterocycles. The average Bonchev–Trinajstić information content (AvgIpc) is 2.69. The van der Waals surface area contributed by atoms with Crippen LogP contribution in [-0.2, 0) is 19.9 Å². The zero-order valence-electron chi connectivity index (χ0n) is 16.0. The van der Waals surface area contributed by atoms with Crippen molar-refractivity contribution in [2.24, 2.45) is 0 Å². The van der Waals surface area contributed by atoms with Crippen molar-refractivity contribution in [3.05, 3.63) is 82.8 Å². The molecule has 0 spiro atoms. The number of sulfone groups is 1. The zero-order chi connectivity index (χ0) is 22.2. The lowest BCUT2D eigenvalue weighted by Crippen LogP contribution is -2.56. The molecule has 0 N–H and O–H groups in total.